The number of nitrogens with zero attached hydrogens (tertiary/aromatic N) is 2. The minimum absolute atomic E-state index is 0.343. The van der Waals surface area contributed by atoms with Gasteiger partial charge in [-0.15, -0.1) is 0 Å². The average Bonchev–Trinajstić information content (AvgIpc) is 3.26. The predicted molar refractivity (Wildman–Crippen MR) is 115 cm³/mol. The Morgan fingerprint density at radius 3 is 2.23 bits per heavy atom. The fourth-order valence-corrected chi connectivity index (χ4v) is 4.53. The average molecular weight is 416 g/mol. The van der Waals surface area contributed by atoms with Crippen molar-refractivity contribution in [3.8, 4) is 0 Å². The number of hydrogen-bond donors (Lipinski definition) is 0. The van der Waals surface area contributed by atoms with Gasteiger partial charge in [0.05, 0.1) is 17.4 Å². The second kappa shape index (κ2) is 7.32. The van der Waals surface area contributed by atoms with Crippen molar-refractivity contribution in [2.75, 3.05) is 9.96 Å². The summed E-state index contributed by atoms with van der Waals surface area (Å²) in [4.78, 5) is 34.0. The first-order valence-corrected chi connectivity index (χ1v) is 10.2. The van der Waals surface area contributed by atoms with E-state index in [-0.39, 0.29) is 5.91 Å². The molecule has 0 unspecified atom stereocenters. The van der Waals surface area contributed by atoms with Gasteiger partial charge in [-0.2, -0.15) is 0 Å². The molecule has 2 aliphatic rings. The van der Waals surface area contributed by atoms with Gasteiger partial charge in [-0.1, -0.05) is 42.0 Å². The molecular weight excluding hydrogens is 395 g/mol. The van der Waals surface area contributed by atoms with Gasteiger partial charge in [0.1, 0.15) is 11.7 Å². The number of carbonyl (C=O) groups excluding carboxylic acids is 2. The molecule has 0 spiro atoms. The standard InChI is InChI=1S/C25H21FN2O3/c1-15-8-13-20(16(2)14-15)22-21-23(31-28(22)19-6-4-3-5-7-19)25(30)27(24(21)29)18-11-9-17(26)10-12-18/h3-14,21-23H,1-2H3/t21-,22+,23-/m1/s1. The normalized spacial score (nSPS) is 22.9. The van der Waals surface area contributed by atoms with Crippen molar-refractivity contribution in [3.05, 3.63) is 95.3 Å². The lowest BCUT2D eigenvalue weighted by atomic mass is 9.87. The number of para-hydroxylation sites is 1. The second-order valence-electron chi connectivity index (χ2n) is 8.01. The molecule has 2 amide bonds. The molecular formula is C25H21FN2O3. The van der Waals surface area contributed by atoms with Gasteiger partial charge in [0.25, 0.3) is 5.91 Å². The van der Waals surface area contributed by atoms with Crippen LogP contribution in [0, 0.1) is 25.6 Å². The van der Waals surface area contributed by atoms with E-state index in [0.29, 0.717) is 5.69 Å². The van der Waals surface area contributed by atoms with Crippen molar-refractivity contribution in [1.29, 1.82) is 0 Å². The van der Waals surface area contributed by atoms with E-state index < -0.39 is 29.8 Å². The highest BCUT2D eigenvalue weighted by molar-refractivity contribution is 6.23. The van der Waals surface area contributed by atoms with Crippen LogP contribution in [-0.4, -0.2) is 17.9 Å². The third kappa shape index (κ3) is 3.11. The second-order valence-corrected chi connectivity index (χ2v) is 8.01. The number of hydrogen-bond acceptors (Lipinski definition) is 4. The molecule has 2 saturated heterocycles. The molecule has 3 aromatic rings. The smallest absolute Gasteiger partial charge is 0.266 e. The molecule has 5 rings (SSSR count). The zero-order chi connectivity index (χ0) is 21.7. The Morgan fingerprint density at radius 1 is 0.839 bits per heavy atom. The maximum atomic E-state index is 13.5. The molecule has 0 aliphatic carbocycles. The zero-order valence-electron chi connectivity index (χ0n) is 17.2. The number of hydroxylamine groups is 1. The summed E-state index contributed by atoms with van der Waals surface area (Å²) in [6.45, 7) is 4.01. The summed E-state index contributed by atoms with van der Waals surface area (Å²) >= 11 is 0. The third-order valence-corrected chi connectivity index (χ3v) is 5.95. The highest BCUT2D eigenvalue weighted by Crippen LogP contribution is 2.48. The van der Waals surface area contributed by atoms with Gasteiger partial charge in [-0.05, 0) is 61.4 Å². The SMILES string of the molecule is Cc1ccc([C@H]2[C@H]3C(=O)N(c4ccc(F)cc4)C(=O)[C@@H]3ON2c2ccccc2)c(C)c1. The maximum absolute atomic E-state index is 13.5. The van der Waals surface area contributed by atoms with Crippen LogP contribution in [0.3, 0.4) is 0 Å². The number of amides is 2. The van der Waals surface area contributed by atoms with Crippen LogP contribution in [0.5, 0.6) is 0 Å². The summed E-state index contributed by atoms with van der Waals surface area (Å²) in [6.07, 6.45) is -0.941. The summed E-state index contributed by atoms with van der Waals surface area (Å²) in [5.41, 5.74) is 4.19. The Hall–Kier alpha value is -3.51. The Bertz CT molecular complexity index is 1160. The summed E-state index contributed by atoms with van der Waals surface area (Å²) < 4.78 is 13.4. The Balaban J connectivity index is 1.61. The first kappa shape index (κ1) is 19.5. The Kier molecular flexibility index (Phi) is 4.59. The van der Waals surface area contributed by atoms with Crippen LogP contribution in [0.4, 0.5) is 15.8 Å². The molecule has 5 nitrogen and oxygen atoms in total. The number of rotatable bonds is 3. The minimum Gasteiger partial charge on any atom is -0.273 e. The molecule has 0 radical (unpaired) electrons. The van der Waals surface area contributed by atoms with Crippen molar-refractivity contribution < 1.29 is 18.8 Å². The highest BCUT2D eigenvalue weighted by atomic mass is 19.1. The molecule has 2 aliphatic heterocycles. The Labute approximate surface area is 179 Å². The van der Waals surface area contributed by atoms with Crippen molar-refractivity contribution in [2.24, 2.45) is 5.92 Å². The van der Waals surface area contributed by atoms with Gasteiger partial charge in [0.2, 0.25) is 5.91 Å². The van der Waals surface area contributed by atoms with E-state index in [1.807, 2.05) is 56.3 Å². The van der Waals surface area contributed by atoms with Crippen molar-refractivity contribution >= 4 is 23.2 Å². The van der Waals surface area contributed by atoms with Gasteiger partial charge in [0, 0.05) is 0 Å². The van der Waals surface area contributed by atoms with E-state index in [2.05, 4.69) is 6.07 Å². The van der Waals surface area contributed by atoms with Crippen LogP contribution in [0.1, 0.15) is 22.7 Å². The maximum Gasteiger partial charge on any atom is 0.266 e. The highest BCUT2D eigenvalue weighted by Gasteiger charge is 2.60. The third-order valence-electron chi connectivity index (χ3n) is 5.95. The molecule has 0 aromatic heterocycles. The number of carbonyl (C=O) groups is 2. The lowest BCUT2D eigenvalue weighted by Gasteiger charge is -2.29. The predicted octanol–water partition coefficient (Wildman–Crippen LogP) is 4.49. The van der Waals surface area contributed by atoms with E-state index in [1.165, 1.54) is 24.3 Å². The molecule has 3 atom stereocenters. The molecule has 3 aromatic carbocycles. The van der Waals surface area contributed by atoms with Crippen molar-refractivity contribution in [1.82, 2.24) is 0 Å². The van der Waals surface area contributed by atoms with E-state index in [1.54, 1.807) is 5.06 Å². The van der Waals surface area contributed by atoms with Gasteiger partial charge in [0.15, 0.2) is 6.10 Å². The van der Waals surface area contributed by atoms with Crippen LogP contribution in [0.25, 0.3) is 0 Å². The number of fused-ring (bicyclic) bond motifs is 1. The zero-order valence-corrected chi connectivity index (χ0v) is 17.2. The van der Waals surface area contributed by atoms with Gasteiger partial charge >= 0.3 is 0 Å². The summed E-state index contributed by atoms with van der Waals surface area (Å²) in [7, 11) is 0. The molecule has 156 valence electrons. The molecule has 2 heterocycles. The largest absolute Gasteiger partial charge is 0.273 e. The van der Waals surface area contributed by atoms with Crippen LogP contribution in [-0.2, 0) is 14.4 Å². The molecule has 31 heavy (non-hydrogen) atoms. The van der Waals surface area contributed by atoms with Crippen LogP contribution in [0.15, 0.2) is 72.8 Å². The van der Waals surface area contributed by atoms with Crippen molar-refractivity contribution in [3.63, 3.8) is 0 Å². The number of anilines is 2. The topological polar surface area (TPSA) is 49.9 Å². The lowest BCUT2D eigenvalue weighted by Crippen LogP contribution is -2.37. The molecule has 6 heteroatoms. The first-order valence-electron chi connectivity index (χ1n) is 10.2. The number of benzene rings is 3. The van der Waals surface area contributed by atoms with Gasteiger partial charge in [-0.25, -0.2) is 14.4 Å². The lowest BCUT2D eigenvalue weighted by molar-refractivity contribution is -0.126. The van der Waals surface area contributed by atoms with E-state index >= 15 is 0 Å². The fraction of sp³-hybridized carbons (Fsp3) is 0.200. The summed E-state index contributed by atoms with van der Waals surface area (Å²) in [5, 5.41) is 1.69. The van der Waals surface area contributed by atoms with Gasteiger partial charge < -0.3 is 0 Å². The number of halogens is 1. The molecule has 0 N–H and O–H groups in total. The molecule has 0 saturated carbocycles. The number of imide groups is 1. The van der Waals surface area contributed by atoms with Crippen molar-refractivity contribution in [2.45, 2.75) is 26.0 Å². The van der Waals surface area contributed by atoms with E-state index in [0.717, 1.165) is 27.3 Å². The van der Waals surface area contributed by atoms with Crippen LogP contribution < -0.4 is 9.96 Å². The fourth-order valence-electron chi connectivity index (χ4n) is 4.53. The van der Waals surface area contributed by atoms with Crippen LogP contribution in [0.2, 0.25) is 0 Å². The van der Waals surface area contributed by atoms with Crippen LogP contribution >= 0.6 is 0 Å². The number of aryl methyl sites for hydroxylation is 2. The monoisotopic (exact) mass is 416 g/mol. The quantitative estimate of drug-likeness (QED) is 0.590. The summed E-state index contributed by atoms with van der Waals surface area (Å²) in [5.74, 6) is -1.92. The van der Waals surface area contributed by atoms with E-state index in [4.69, 9.17) is 4.84 Å². The summed E-state index contributed by atoms with van der Waals surface area (Å²) in [6, 6.07) is 20.4. The van der Waals surface area contributed by atoms with E-state index in [9.17, 15) is 14.0 Å². The molecule has 0 bridgehead atoms. The molecule has 2 fully saturated rings. The Morgan fingerprint density at radius 2 is 1.55 bits per heavy atom. The van der Waals surface area contributed by atoms with Gasteiger partial charge in [-0.3, -0.25) is 14.4 Å². The first-order chi connectivity index (χ1) is 15.0. The minimum atomic E-state index is -0.941.